The van der Waals surface area contributed by atoms with Crippen molar-refractivity contribution < 1.29 is 23.1 Å². The fraction of sp³-hybridized carbons (Fsp3) is 0.0909. The Morgan fingerprint density at radius 2 is 1.38 bits per heavy atom. The van der Waals surface area contributed by atoms with Crippen LogP contribution in [0.25, 0.3) is 0 Å². The van der Waals surface area contributed by atoms with Crippen molar-refractivity contribution in [2.45, 2.75) is 12.7 Å². The van der Waals surface area contributed by atoms with Gasteiger partial charge in [-0.15, -0.1) is 0 Å². The number of para-hydroxylation sites is 2. The molecule has 0 fully saturated rings. The van der Waals surface area contributed by atoms with Gasteiger partial charge >= 0.3 is 6.61 Å². The van der Waals surface area contributed by atoms with Crippen LogP contribution in [0.1, 0.15) is 22.0 Å². The number of anilines is 1. The van der Waals surface area contributed by atoms with Crippen LogP contribution in [0.5, 0.6) is 5.75 Å². The van der Waals surface area contributed by atoms with Crippen LogP contribution in [0, 0.1) is 0 Å². The molecule has 1 unspecified atom stereocenters. The van der Waals surface area contributed by atoms with Crippen LogP contribution < -0.4 is 15.4 Å². The average Bonchev–Trinajstić information content (AvgIpc) is 2.73. The van der Waals surface area contributed by atoms with Gasteiger partial charge < -0.3 is 15.4 Å². The number of hydrogen-bond acceptors (Lipinski definition) is 3. The number of benzene rings is 3. The normalized spacial score (nSPS) is 11.6. The Labute approximate surface area is 166 Å². The molecule has 5 nitrogen and oxygen atoms in total. The first kappa shape index (κ1) is 20.0. The topological polar surface area (TPSA) is 67.4 Å². The molecule has 0 saturated heterocycles. The lowest BCUT2D eigenvalue weighted by Crippen LogP contribution is -2.37. The molecule has 7 heteroatoms. The largest absolute Gasteiger partial charge is 0.434 e. The highest BCUT2D eigenvalue weighted by molar-refractivity contribution is 6.02. The minimum absolute atomic E-state index is 0.0961. The number of carbonyl (C=O) groups excluding carboxylic acids is 2. The second kappa shape index (κ2) is 9.45. The first-order valence-corrected chi connectivity index (χ1v) is 8.80. The quantitative estimate of drug-likeness (QED) is 0.622. The zero-order chi connectivity index (χ0) is 20.6. The van der Waals surface area contributed by atoms with Crippen LogP contribution in [0.3, 0.4) is 0 Å². The molecular formula is C22H18F2N2O3. The van der Waals surface area contributed by atoms with Crippen molar-refractivity contribution >= 4 is 17.5 Å². The minimum Gasteiger partial charge on any atom is -0.434 e. The molecule has 2 N–H and O–H groups in total. The third-order valence-electron chi connectivity index (χ3n) is 4.06. The molecule has 148 valence electrons. The van der Waals surface area contributed by atoms with E-state index < -0.39 is 24.5 Å². The Morgan fingerprint density at radius 3 is 2.03 bits per heavy atom. The first-order chi connectivity index (χ1) is 14.0. The molecule has 0 aliphatic carbocycles. The molecule has 3 aromatic carbocycles. The molecule has 0 spiro atoms. The highest BCUT2D eigenvalue weighted by Gasteiger charge is 2.25. The van der Waals surface area contributed by atoms with Gasteiger partial charge in [0.25, 0.3) is 11.8 Å². The van der Waals surface area contributed by atoms with E-state index in [1.807, 2.05) is 6.07 Å². The predicted octanol–water partition coefficient (Wildman–Crippen LogP) is 4.40. The van der Waals surface area contributed by atoms with Crippen molar-refractivity contribution in [2.24, 2.45) is 0 Å². The number of hydrogen-bond donors (Lipinski definition) is 2. The average molecular weight is 396 g/mol. The lowest BCUT2D eigenvalue weighted by atomic mass is 10.0. The van der Waals surface area contributed by atoms with E-state index in [0.29, 0.717) is 11.3 Å². The molecule has 0 aliphatic heterocycles. The molecule has 29 heavy (non-hydrogen) atoms. The predicted molar refractivity (Wildman–Crippen MR) is 105 cm³/mol. The number of rotatable bonds is 7. The summed E-state index contributed by atoms with van der Waals surface area (Å²) in [5.74, 6) is -1.45. The van der Waals surface area contributed by atoms with E-state index in [4.69, 9.17) is 0 Å². The summed E-state index contributed by atoms with van der Waals surface area (Å²) in [6, 6.07) is 22.0. The van der Waals surface area contributed by atoms with Gasteiger partial charge in [-0.3, -0.25) is 9.59 Å². The van der Waals surface area contributed by atoms with Crippen molar-refractivity contribution in [3.05, 3.63) is 96.1 Å². The van der Waals surface area contributed by atoms with Crippen molar-refractivity contribution in [2.75, 3.05) is 5.32 Å². The smallest absolute Gasteiger partial charge is 0.387 e. The van der Waals surface area contributed by atoms with Gasteiger partial charge in [-0.1, -0.05) is 60.7 Å². The van der Waals surface area contributed by atoms with Gasteiger partial charge in [-0.05, 0) is 29.8 Å². The molecule has 2 amide bonds. The van der Waals surface area contributed by atoms with Crippen molar-refractivity contribution in [1.82, 2.24) is 5.32 Å². The van der Waals surface area contributed by atoms with Crippen LogP contribution in [0.2, 0.25) is 0 Å². The van der Waals surface area contributed by atoms with Crippen LogP contribution in [0.15, 0.2) is 84.9 Å². The number of alkyl halides is 2. The second-order valence-electron chi connectivity index (χ2n) is 6.05. The maximum absolute atomic E-state index is 12.9. The Bertz CT molecular complexity index is 966. The molecule has 0 bridgehead atoms. The van der Waals surface area contributed by atoms with Gasteiger partial charge in [0.1, 0.15) is 11.8 Å². The van der Waals surface area contributed by atoms with E-state index in [2.05, 4.69) is 15.4 Å². The van der Waals surface area contributed by atoms with Gasteiger partial charge in [-0.2, -0.15) is 8.78 Å². The summed E-state index contributed by atoms with van der Waals surface area (Å²) in [5.41, 5.74) is 1.01. The summed E-state index contributed by atoms with van der Waals surface area (Å²) in [4.78, 5) is 25.6. The molecule has 0 saturated carbocycles. The number of ether oxygens (including phenoxy) is 1. The van der Waals surface area contributed by atoms with E-state index in [-0.39, 0.29) is 11.3 Å². The zero-order valence-electron chi connectivity index (χ0n) is 15.2. The summed E-state index contributed by atoms with van der Waals surface area (Å²) in [5, 5.41) is 5.35. The van der Waals surface area contributed by atoms with E-state index in [0.717, 1.165) is 0 Å². The Balaban J connectivity index is 1.86. The molecule has 0 heterocycles. The van der Waals surface area contributed by atoms with Gasteiger partial charge in [0.05, 0.1) is 5.56 Å². The van der Waals surface area contributed by atoms with Crippen LogP contribution in [0.4, 0.5) is 14.5 Å². The molecule has 1 atom stereocenters. The van der Waals surface area contributed by atoms with Crippen LogP contribution >= 0.6 is 0 Å². The highest BCUT2D eigenvalue weighted by atomic mass is 19.3. The van der Waals surface area contributed by atoms with Gasteiger partial charge in [0, 0.05) is 5.69 Å². The number of carbonyl (C=O) groups is 2. The van der Waals surface area contributed by atoms with Crippen molar-refractivity contribution in [1.29, 1.82) is 0 Å². The van der Waals surface area contributed by atoms with Crippen LogP contribution in [-0.4, -0.2) is 18.4 Å². The standard InChI is InChI=1S/C22H18F2N2O3/c23-22(24)29-18-14-8-7-13-17(18)20(27)26-19(15-9-3-1-4-10-15)21(28)25-16-11-5-2-6-12-16/h1-14,19,22H,(H,25,28)(H,26,27). The number of halogens is 2. The number of nitrogens with one attached hydrogen (secondary N) is 2. The summed E-state index contributed by atoms with van der Waals surface area (Å²) in [6.07, 6.45) is 0. The molecule has 0 aromatic heterocycles. The third kappa shape index (κ3) is 5.38. The molecule has 0 radical (unpaired) electrons. The van der Waals surface area contributed by atoms with Crippen molar-refractivity contribution in [3.63, 3.8) is 0 Å². The molecule has 0 aliphatic rings. The summed E-state index contributed by atoms with van der Waals surface area (Å²) in [7, 11) is 0. The van der Waals surface area contributed by atoms with Gasteiger partial charge in [-0.25, -0.2) is 0 Å². The lowest BCUT2D eigenvalue weighted by Gasteiger charge is -2.20. The van der Waals surface area contributed by atoms with Crippen molar-refractivity contribution in [3.8, 4) is 5.75 Å². The molecule has 3 rings (SSSR count). The fourth-order valence-corrected chi connectivity index (χ4v) is 2.74. The first-order valence-electron chi connectivity index (χ1n) is 8.80. The fourth-order valence-electron chi connectivity index (χ4n) is 2.74. The van der Waals surface area contributed by atoms with E-state index in [9.17, 15) is 18.4 Å². The van der Waals surface area contributed by atoms with E-state index in [1.54, 1.807) is 54.6 Å². The number of amides is 2. The Hall–Kier alpha value is -3.74. The summed E-state index contributed by atoms with van der Waals surface area (Å²) >= 11 is 0. The third-order valence-corrected chi connectivity index (χ3v) is 4.06. The highest BCUT2D eigenvalue weighted by Crippen LogP contribution is 2.22. The maximum Gasteiger partial charge on any atom is 0.387 e. The second-order valence-corrected chi connectivity index (χ2v) is 6.05. The Morgan fingerprint density at radius 1 is 0.793 bits per heavy atom. The van der Waals surface area contributed by atoms with Gasteiger partial charge in [0.15, 0.2) is 0 Å². The lowest BCUT2D eigenvalue weighted by molar-refractivity contribution is -0.118. The Kier molecular flexibility index (Phi) is 6.52. The van der Waals surface area contributed by atoms with Crippen LogP contribution in [-0.2, 0) is 4.79 Å². The summed E-state index contributed by atoms with van der Waals surface area (Å²) < 4.78 is 29.7. The van der Waals surface area contributed by atoms with E-state index >= 15 is 0 Å². The SMILES string of the molecule is O=C(NC(C(=O)Nc1ccccc1)c1ccccc1)c1ccccc1OC(F)F. The van der Waals surface area contributed by atoms with E-state index in [1.165, 1.54) is 24.3 Å². The van der Waals surface area contributed by atoms with Gasteiger partial charge in [0.2, 0.25) is 0 Å². The zero-order valence-corrected chi connectivity index (χ0v) is 15.2. The summed E-state index contributed by atoms with van der Waals surface area (Å²) in [6.45, 7) is -3.07. The molecule has 3 aromatic rings. The molecular weight excluding hydrogens is 378 g/mol. The monoisotopic (exact) mass is 396 g/mol. The minimum atomic E-state index is -3.07. The maximum atomic E-state index is 12.9.